The quantitative estimate of drug-likeness (QED) is 0.882. The number of aryl methyl sites for hydroxylation is 2. The van der Waals surface area contributed by atoms with Crippen molar-refractivity contribution in [3.63, 3.8) is 0 Å². The van der Waals surface area contributed by atoms with Gasteiger partial charge in [-0.2, -0.15) is 0 Å². The van der Waals surface area contributed by atoms with E-state index < -0.39 is 0 Å². The largest absolute Gasteiger partial charge is 0.385 e. The highest BCUT2D eigenvalue weighted by Crippen LogP contribution is 2.23. The molecule has 1 amide bonds. The predicted molar refractivity (Wildman–Crippen MR) is 82.3 cm³/mol. The second kappa shape index (κ2) is 5.56. The van der Waals surface area contributed by atoms with Gasteiger partial charge in [0, 0.05) is 23.5 Å². The first kappa shape index (κ1) is 13.6. The molecule has 3 nitrogen and oxygen atoms in total. The molecular weight excluding hydrogens is 267 g/mol. The smallest absolute Gasteiger partial charge is 0.255 e. The number of hydrogen-bond donors (Lipinski definition) is 2. The fraction of sp³-hybridized carbons (Fsp3) is 0.235. The molecular formula is C17H17FN2O. The third-order valence-electron chi connectivity index (χ3n) is 3.72. The van der Waals surface area contributed by atoms with Crippen LogP contribution in [0.5, 0.6) is 0 Å². The van der Waals surface area contributed by atoms with Crippen molar-refractivity contribution in [1.29, 1.82) is 0 Å². The summed E-state index contributed by atoms with van der Waals surface area (Å²) in [5.41, 5.74) is 4.02. The van der Waals surface area contributed by atoms with Gasteiger partial charge in [-0.05, 0) is 67.3 Å². The zero-order chi connectivity index (χ0) is 14.8. The summed E-state index contributed by atoms with van der Waals surface area (Å²) in [6, 6.07) is 10.2. The molecule has 0 unspecified atom stereocenters. The first-order chi connectivity index (χ1) is 10.1. The van der Waals surface area contributed by atoms with E-state index in [1.54, 1.807) is 19.1 Å². The second-order valence-electron chi connectivity index (χ2n) is 5.32. The number of fused-ring (bicyclic) bond motifs is 1. The molecule has 0 aliphatic carbocycles. The van der Waals surface area contributed by atoms with Crippen molar-refractivity contribution >= 4 is 17.3 Å². The maximum absolute atomic E-state index is 13.2. The molecule has 2 aromatic carbocycles. The Kier molecular flexibility index (Phi) is 3.60. The van der Waals surface area contributed by atoms with E-state index in [1.165, 1.54) is 11.6 Å². The molecule has 108 valence electrons. The SMILES string of the molecule is Cc1cc(NC(=O)c2ccc3c(c2)CCCN3)ccc1F. The summed E-state index contributed by atoms with van der Waals surface area (Å²) in [6.07, 6.45) is 2.06. The topological polar surface area (TPSA) is 41.1 Å². The van der Waals surface area contributed by atoms with Crippen molar-refractivity contribution in [1.82, 2.24) is 0 Å². The summed E-state index contributed by atoms with van der Waals surface area (Å²) in [5.74, 6) is -0.442. The molecule has 0 spiro atoms. The third-order valence-corrected chi connectivity index (χ3v) is 3.72. The maximum atomic E-state index is 13.2. The van der Waals surface area contributed by atoms with Crippen LogP contribution in [-0.2, 0) is 6.42 Å². The van der Waals surface area contributed by atoms with Crippen molar-refractivity contribution in [3.05, 3.63) is 58.9 Å². The van der Waals surface area contributed by atoms with Crippen LogP contribution in [0.3, 0.4) is 0 Å². The Balaban J connectivity index is 1.80. The average molecular weight is 284 g/mol. The minimum absolute atomic E-state index is 0.172. The Morgan fingerprint density at radius 3 is 2.90 bits per heavy atom. The summed E-state index contributed by atoms with van der Waals surface area (Å²) in [6.45, 7) is 2.66. The lowest BCUT2D eigenvalue weighted by atomic mass is 10.0. The molecule has 21 heavy (non-hydrogen) atoms. The first-order valence-corrected chi connectivity index (χ1v) is 7.08. The van der Waals surface area contributed by atoms with E-state index in [9.17, 15) is 9.18 Å². The number of rotatable bonds is 2. The maximum Gasteiger partial charge on any atom is 0.255 e. The van der Waals surface area contributed by atoms with Crippen LogP contribution in [0.25, 0.3) is 0 Å². The van der Waals surface area contributed by atoms with Crippen LogP contribution in [0, 0.1) is 12.7 Å². The molecule has 0 bridgehead atoms. The van der Waals surface area contributed by atoms with Crippen LogP contribution < -0.4 is 10.6 Å². The van der Waals surface area contributed by atoms with Gasteiger partial charge in [0.1, 0.15) is 5.82 Å². The fourth-order valence-corrected chi connectivity index (χ4v) is 2.54. The second-order valence-corrected chi connectivity index (χ2v) is 5.32. The molecule has 0 radical (unpaired) electrons. The predicted octanol–water partition coefficient (Wildman–Crippen LogP) is 3.74. The molecule has 0 fully saturated rings. The van der Waals surface area contributed by atoms with Crippen LogP contribution in [0.15, 0.2) is 36.4 Å². The Hall–Kier alpha value is -2.36. The highest BCUT2D eigenvalue weighted by atomic mass is 19.1. The summed E-state index contributed by atoms with van der Waals surface area (Å²) in [7, 11) is 0. The molecule has 0 aromatic heterocycles. The van der Waals surface area contributed by atoms with Gasteiger partial charge in [0.05, 0.1) is 0 Å². The molecule has 0 atom stereocenters. The number of nitrogens with one attached hydrogen (secondary N) is 2. The monoisotopic (exact) mass is 284 g/mol. The van der Waals surface area contributed by atoms with Crippen LogP contribution in [0.2, 0.25) is 0 Å². The Morgan fingerprint density at radius 1 is 1.24 bits per heavy atom. The minimum atomic E-state index is -0.271. The Bertz CT molecular complexity index is 697. The van der Waals surface area contributed by atoms with Gasteiger partial charge in [0.2, 0.25) is 0 Å². The third kappa shape index (κ3) is 2.89. The van der Waals surface area contributed by atoms with Crippen molar-refractivity contribution < 1.29 is 9.18 Å². The molecule has 1 aliphatic rings. The lowest BCUT2D eigenvalue weighted by molar-refractivity contribution is 0.102. The normalized spacial score (nSPS) is 13.2. The van der Waals surface area contributed by atoms with E-state index in [0.717, 1.165) is 25.1 Å². The summed E-state index contributed by atoms with van der Waals surface area (Å²) < 4.78 is 13.2. The lowest BCUT2D eigenvalue weighted by Gasteiger charge is -2.18. The summed E-state index contributed by atoms with van der Waals surface area (Å²) in [4.78, 5) is 12.3. The van der Waals surface area contributed by atoms with Gasteiger partial charge in [-0.15, -0.1) is 0 Å². The van der Waals surface area contributed by atoms with E-state index in [2.05, 4.69) is 10.6 Å². The molecule has 4 heteroatoms. The fourth-order valence-electron chi connectivity index (χ4n) is 2.54. The zero-order valence-corrected chi connectivity index (χ0v) is 11.9. The van der Waals surface area contributed by atoms with E-state index in [1.807, 2.05) is 18.2 Å². The van der Waals surface area contributed by atoms with Gasteiger partial charge in [0.25, 0.3) is 5.91 Å². The van der Waals surface area contributed by atoms with Gasteiger partial charge in [-0.1, -0.05) is 0 Å². The van der Waals surface area contributed by atoms with Gasteiger partial charge < -0.3 is 10.6 Å². The van der Waals surface area contributed by atoms with Crippen LogP contribution in [0.1, 0.15) is 27.9 Å². The Morgan fingerprint density at radius 2 is 2.10 bits per heavy atom. The molecule has 0 saturated carbocycles. The van der Waals surface area contributed by atoms with E-state index in [-0.39, 0.29) is 11.7 Å². The van der Waals surface area contributed by atoms with Gasteiger partial charge in [0.15, 0.2) is 0 Å². The standard InChI is InChI=1S/C17H17FN2O/c1-11-9-14(5-6-15(11)18)20-17(21)13-4-7-16-12(10-13)3-2-8-19-16/h4-7,9-10,19H,2-3,8H2,1H3,(H,20,21). The molecule has 2 aromatic rings. The highest BCUT2D eigenvalue weighted by molar-refractivity contribution is 6.04. The van der Waals surface area contributed by atoms with Crippen molar-refractivity contribution in [3.8, 4) is 0 Å². The van der Waals surface area contributed by atoms with Gasteiger partial charge >= 0.3 is 0 Å². The number of benzene rings is 2. The van der Waals surface area contributed by atoms with Crippen molar-refractivity contribution in [2.24, 2.45) is 0 Å². The highest BCUT2D eigenvalue weighted by Gasteiger charge is 2.13. The van der Waals surface area contributed by atoms with Gasteiger partial charge in [-0.3, -0.25) is 4.79 Å². The molecule has 1 heterocycles. The van der Waals surface area contributed by atoms with Crippen LogP contribution in [0.4, 0.5) is 15.8 Å². The van der Waals surface area contributed by atoms with Crippen molar-refractivity contribution in [2.75, 3.05) is 17.2 Å². The number of carbonyl (C=O) groups excluding carboxylic acids is 1. The molecule has 1 aliphatic heterocycles. The Labute approximate surface area is 123 Å². The number of amides is 1. The zero-order valence-electron chi connectivity index (χ0n) is 11.9. The van der Waals surface area contributed by atoms with E-state index in [4.69, 9.17) is 0 Å². The summed E-state index contributed by atoms with van der Waals surface area (Å²) in [5, 5.41) is 6.13. The number of anilines is 2. The average Bonchev–Trinajstić information content (AvgIpc) is 2.50. The number of carbonyl (C=O) groups is 1. The number of halogens is 1. The van der Waals surface area contributed by atoms with E-state index >= 15 is 0 Å². The molecule has 2 N–H and O–H groups in total. The van der Waals surface area contributed by atoms with Crippen LogP contribution in [-0.4, -0.2) is 12.5 Å². The molecule has 3 rings (SSSR count). The minimum Gasteiger partial charge on any atom is -0.385 e. The van der Waals surface area contributed by atoms with Gasteiger partial charge in [-0.25, -0.2) is 4.39 Å². The lowest BCUT2D eigenvalue weighted by Crippen LogP contribution is -2.15. The van der Waals surface area contributed by atoms with Crippen LogP contribution >= 0.6 is 0 Å². The van der Waals surface area contributed by atoms with E-state index in [0.29, 0.717) is 16.8 Å². The first-order valence-electron chi connectivity index (χ1n) is 7.08. The summed E-state index contributed by atoms with van der Waals surface area (Å²) >= 11 is 0. The molecule has 0 saturated heterocycles. The number of hydrogen-bond acceptors (Lipinski definition) is 2. The van der Waals surface area contributed by atoms with Crippen molar-refractivity contribution in [2.45, 2.75) is 19.8 Å².